The number of pyridine rings is 1. The molecule has 3 heterocycles. The molecule has 0 spiro atoms. The number of alkyl halides is 1. The predicted octanol–water partition coefficient (Wildman–Crippen LogP) is 2.87. The zero-order valence-corrected chi connectivity index (χ0v) is 20.6. The van der Waals surface area contributed by atoms with Gasteiger partial charge in [0.1, 0.15) is 11.3 Å². The van der Waals surface area contributed by atoms with Crippen molar-refractivity contribution in [1.82, 2.24) is 15.2 Å². The van der Waals surface area contributed by atoms with Crippen LogP contribution in [0.15, 0.2) is 28.7 Å². The number of hydrogen-bond acceptors (Lipinski definition) is 6. The summed E-state index contributed by atoms with van der Waals surface area (Å²) in [5.74, 6) is -2.32. The van der Waals surface area contributed by atoms with Gasteiger partial charge in [-0.15, -0.1) is 0 Å². The van der Waals surface area contributed by atoms with Crippen LogP contribution >= 0.6 is 0 Å². The molecule has 198 valence electrons. The number of fused-ring (bicyclic) bond motifs is 1. The third kappa shape index (κ3) is 4.92. The summed E-state index contributed by atoms with van der Waals surface area (Å²) in [5, 5.41) is 14.9. The van der Waals surface area contributed by atoms with Gasteiger partial charge < -0.3 is 29.9 Å². The zero-order chi connectivity index (χ0) is 26.3. The summed E-state index contributed by atoms with van der Waals surface area (Å²) in [7, 11) is 1.38. The van der Waals surface area contributed by atoms with E-state index in [1.807, 2.05) is 0 Å². The van der Waals surface area contributed by atoms with Gasteiger partial charge in [-0.3, -0.25) is 9.59 Å². The highest BCUT2D eigenvalue weighted by Gasteiger charge is 2.32. The molecule has 0 bridgehead atoms. The van der Waals surface area contributed by atoms with Crippen LogP contribution in [0.1, 0.15) is 54.9 Å². The number of ether oxygens (including phenoxy) is 1. The molecule has 1 aromatic carbocycles. The first-order valence-electron chi connectivity index (χ1n) is 12.6. The Morgan fingerprint density at radius 1 is 1.30 bits per heavy atom. The summed E-state index contributed by atoms with van der Waals surface area (Å²) in [4.78, 5) is 38.6. The number of methoxy groups -OCH3 is 1. The van der Waals surface area contributed by atoms with Gasteiger partial charge in [-0.05, 0) is 57.2 Å². The Kier molecular flexibility index (Phi) is 6.89. The summed E-state index contributed by atoms with van der Waals surface area (Å²) in [6.45, 7) is 1.43. The highest BCUT2D eigenvalue weighted by molar-refractivity contribution is 5.97. The molecular weight excluding hydrogens is 486 g/mol. The highest BCUT2D eigenvalue weighted by Crippen LogP contribution is 2.44. The molecule has 37 heavy (non-hydrogen) atoms. The number of piperidine rings is 1. The molecule has 1 saturated carbocycles. The molecule has 1 unspecified atom stereocenters. The SMILES string of the molecule is COc1c(N2CCCC(=CC(F)NC(=O)[C@@H]3CCCN3)C2)c(F)cc2c(=O)c(C(=O)O)cn(C3CC3)c12. The van der Waals surface area contributed by atoms with Gasteiger partial charge in [0.15, 0.2) is 17.9 Å². The van der Waals surface area contributed by atoms with Crippen LogP contribution in [0.2, 0.25) is 0 Å². The minimum atomic E-state index is -1.66. The molecule has 1 aromatic heterocycles. The Hall–Kier alpha value is -3.47. The first-order chi connectivity index (χ1) is 17.8. The molecule has 2 aromatic rings. The lowest BCUT2D eigenvalue weighted by atomic mass is 10.0. The Labute approximate surface area is 212 Å². The first-order valence-corrected chi connectivity index (χ1v) is 12.6. The number of carbonyl (C=O) groups is 2. The molecule has 1 amide bonds. The van der Waals surface area contributed by atoms with Crippen molar-refractivity contribution in [3.8, 4) is 5.75 Å². The van der Waals surface area contributed by atoms with Crippen molar-refractivity contribution in [3.05, 3.63) is 45.5 Å². The third-order valence-corrected chi connectivity index (χ3v) is 7.25. The number of aromatic carboxylic acids is 1. The Bertz CT molecular complexity index is 1330. The molecule has 0 radical (unpaired) electrons. The quantitative estimate of drug-likeness (QED) is 0.383. The minimum Gasteiger partial charge on any atom is -0.492 e. The van der Waals surface area contributed by atoms with Gasteiger partial charge in [-0.1, -0.05) is 5.57 Å². The number of benzene rings is 1. The van der Waals surface area contributed by atoms with Crippen LogP contribution in [0.25, 0.3) is 10.9 Å². The van der Waals surface area contributed by atoms with Crippen LogP contribution in [0.3, 0.4) is 0 Å². The fourth-order valence-corrected chi connectivity index (χ4v) is 5.34. The van der Waals surface area contributed by atoms with Crippen LogP contribution in [-0.4, -0.2) is 60.6 Å². The summed E-state index contributed by atoms with van der Waals surface area (Å²) in [5.41, 5.74) is 0.0239. The van der Waals surface area contributed by atoms with E-state index in [2.05, 4.69) is 10.6 Å². The average Bonchev–Trinajstić information content (AvgIpc) is 3.55. The third-order valence-electron chi connectivity index (χ3n) is 7.25. The molecule has 3 N–H and O–H groups in total. The lowest BCUT2D eigenvalue weighted by molar-refractivity contribution is -0.124. The van der Waals surface area contributed by atoms with E-state index < -0.39 is 29.1 Å². The second-order valence-corrected chi connectivity index (χ2v) is 9.86. The minimum absolute atomic E-state index is 0.00418. The van der Waals surface area contributed by atoms with E-state index >= 15 is 4.39 Å². The molecule has 1 aliphatic carbocycles. The number of carboxylic acid groups (broad SMARTS) is 1. The number of amides is 1. The fourth-order valence-electron chi connectivity index (χ4n) is 5.34. The van der Waals surface area contributed by atoms with Crippen molar-refractivity contribution in [1.29, 1.82) is 0 Å². The summed E-state index contributed by atoms with van der Waals surface area (Å²) in [6.07, 6.45) is 5.40. The normalized spacial score (nSPS) is 21.9. The summed E-state index contributed by atoms with van der Waals surface area (Å²) < 4.78 is 37.6. The Balaban J connectivity index is 1.49. The van der Waals surface area contributed by atoms with E-state index in [0.29, 0.717) is 36.9 Å². The number of carboxylic acids is 1. The average molecular weight is 517 g/mol. The van der Waals surface area contributed by atoms with Crippen molar-refractivity contribution >= 4 is 28.5 Å². The predicted molar refractivity (Wildman–Crippen MR) is 134 cm³/mol. The van der Waals surface area contributed by atoms with Crippen molar-refractivity contribution in [3.63, 3.8) is 0 Å². The number of rotatable bonds is 7. The second-order valence-electron chi connectivity index (χ2n) is 9.86. The Morgan fingerprint density at radius 2 is 2.08 bits per heavy atom. The van der Waals surface area contributed by atoms with Crippen LogP contribution in [0.4, 0.5) is 14.5 Å². The van der Waals surface area contributed by atoms with Crippen molar-refractivity contribution < 1.29 is 28.2 Å². The standard InChI is InChI=1S/C26H30F2N4O5/c1-37-24-21-16(23(33)17(26(35)36)13-32(21)15-6-7-15)11-18(27)22(24)31-9-3-4-14(12-31)10-20(28)30-25(34)19-5-2-8-29-19/h10-11,13,15,19-20,29H,2-9,12H2,1H3,(H,30,34)(H,35,36)/t19-,20?/m0/s1. The van der Waals surface area contributed by atoms with Gasteiger partial charge in [0.25, 0.3) is 0 Å². The van der Waals surface area contributed by atoms with Crippen molar-refractivity contribution in [2.75, 3.05) is 31.6 Å². The van der Waals surface area contributed by atoms with Crippen LogP contribution < -0.4 is 25.7 Å². The van der Waals surface area contributed by atoms with Gasteiger partial charge in [0, 0.05) is 25.3 Å². The number of anilines is 1. The number of nitrogens with zero attached hydrogens (tertiary/aromatic N) is 2. The molecule has 9 nitrogen and oxygen atoms in total. The fraction of sp³-hybridized carbons (Fsp3) is 0.500. The van der Waals surface area contributed by atoms with E-state index in [0.717, 1.165) is 31.9 Å². The number of nitrogens with one attached hydrogen (secondary N) is 2. The maximum absolute atomic E-state index is 15.6. The number of hydrogen-bond donors (Lipinski definition) is 3. The van der Waals surface area contributed by atoms with Crippen LogP contribution in [0.5, 0.6) is 5.75 Å². The van der Waals surface area contributed by atoms with E-state index in [1.165, 1.54) is 19.4 Å². The molecule has 5 rings (SSSR count). The van der Waals surface area contributed by atoms with Gasteiger partial charge in [-0.25, -0.2) is 13.6 Å². The molecule has 3 fully saturated rings. The van der Waals surface area contributed by atoms with Gasteiger partial charge in [0.05, 0.1) is 24.1 Å². The van der Waals surface area contributed by atoms with Gasteiger partial charge in [0.2, 0.25) is 11.3 Å². The van der Waals surface area contributed by atoms with E-state index in [4.69, 9.17) is 4.74 Å². The van der Waals surface area contributed by atoms with Crippen molar-refractivity contribution in [2.24, 2.45) is 0 Å². The Morgan fingerprint density at radius 3 is 2.73 bits per heavy atom. The van der Waals surface area contributed by atoms with E-state index in [1.54, 1.807) is 9.47 Å². The number of aromatic nitrogens is 1. The van der Waals surface area contributed by atoms with Gasteiger partial charge in [-0.2, -0.15) is 0 Å². The van der Waals surface area contributed by atoms with Gasteiger partial charge >= 0.3 is 5.97 Å². The molecular formula is C26H30F2N4O5. The molecule has 2 aliphatic heterocycles. The first kappa shape index (κ1) is 25.2. The molecule has 2 atom stereocenters. The molecule has 11 heteroatoms. The van der Waals surface area contributed by atoms with E-state index in [9.17, 15) is 23.9 Å². The second kappa shape index (κ2) is 10.1. The van der Waals surface area contributed by atoms with Crippen molar-refractivity contribution in [2.45, 2.75) is 56.9 Å². The topological polar surface area (TPSA) is 113 Å². The number of carbonyl (C=O) groups excluding carboxylic acids is 1. The summed E-state index contributed by atoms with van der Waals surface area (Å²) >= 11 is 0. The van der Waals surface area contributed by atoms with Crippen LogP contribution in [-0.2, 0) is 4.79 Å². The lowest BCUT2D eigenvalue weighted by Crippen LogP contribution is -2.43. The number of halogens is 2. The van der Waals surface area contributed by atoms with E-state index in [-0.39, 0.29) is 41.4 Å². The zero-order valence-electron chi connectivity index (χ0n) is 20.6. The molecule has 3 aliphatic rings. The summed E-state index contributed by atoms with van der Waals surface area (Å²) in [6, 6.07) is 0.683. The smallest absolute Gasteiger partial charge is 0.341 e. The monoisotopic (exact) mass is 516 g/mol. The largest absolute Gasteiger partial charge is 0.492 e. The highest BCUT2D eigenvalue weighted by atomic mass is 19.1. The van der Waals surface area contributed by atoms with Crippen LogP contribution in [0, 0.1) is 5.82 Å². The molecule has 2 saturated heterocycles. The maximum Gasteiger partial charge on any atom is 0.341 e. The maximum atomic E-state index is 15.6. The lowest BCUT2D eigenvalue weighted by Gasteiger charge is -2.33.